The van der Waals surface area contributed by atoms with Crippen LogP contribution >= 0.6 is 11.9 Å². The first-order valence-electron chi connectivity index (χ1n) is 2.17. The van der Waals surface area contributed by atoms with Crippen LogP contribution in [-0.2, 0) is 0 Å². The van der Waals surface area contributed by atoms with Gasteiger partial charge in [0.2, 0.25) is 0 Å². The third kappa shape index (κ3) is 1.86. The summed E-state index contributed by atoms with van der Waals surface area (Å²) in [5, 5.41) is 0. The molecule has 0 amide bonds. The molecule has 1 rings (SSSR count). The first kappa shape index (κ1) is 8.02. The number of hydrogen-bond donors (Lipinski definition) is 0. The lowest BCUT2D eigenvalue weighted by Crippen LogP contribution is -3.00. The van der Waals surface area contributed by atoms with Gasteiger partial charge in [-0.3, -0.25) is 0 Å². The summed E-state index contributed by atoms with van der Waals surface area (Å²) in [6, 6.07) is 0. The Labute approximate surface area is 59.9 Å². The third-order valence-corrected chi connectivity index (χ3v) is 1.52. The quantitative estimate of drug-likeness (QED) is 0.303. The molecule has 1 heterocycles. The van der Waals surface area contributed by atoms with Crippen molar-refractivity contribution in [2.75, 3.05) is 19.3 Å². The van der Waals surface area contributed by atoms with Crippen LogP contribution in [0.1, 0.15) is 0 Å². The predicted octanol–water partition coefficient (Wildman–Crippen LogP) is -2.51. The lowest BCUT2D eigenvalue weighted by molar-refractivity contribution is -0.00000152. The van der Waals surface area contributed by atoms with Crippen molar-refractivity contribution >= 4 is 18.3 Å². The molecule has 0 aliphatic carbocycles. The largest absolute Gasteiger partial charge is 1.00 e. The van der Waals surface area contributed by atoms with Gasteiger partial charge in [-0.1, -0.05) is 4.31 Å². The lowest BCUT2D eigenvalue weighted by Gasteiger charge is -1.90. The maximum Gasteiger partial charge on any atom is 0.529 e. The molecule has 0 N–H and O–H groups in total. The zero-order valence-corrected chi connectivity index (χ0v) is 6.17. The summed E-state index contributed by atoms with van der Waals surface area (Å²) in [5.41, 5.74) is 0. The van der Waals surface area contributed by atoms with Crippen LogP contribution in [0.15, 0.2) is 4.99 Å². The van der Waals surface area contributed by atoms with Crippen molar-refractivity contribution in [2.24, 2.45) is 4.99 Å². The normalized spacial score (nSPS) is 15.4. The Morgan fingerprint density at radius 1 is 1.75 bits per heavy atom. The van der Waals surface area contributed by atoms with Gasteiger partial charge in [0.15, 0.2) is 0 Å². The van der Waals surface area contributed by atoms with E-state index in [4.69, 9.17) is 0 Å². The van der Waals surface area contributed by atoms with Crippen molar-refractivity contribution in [3.8, 4) is 0 Å². The molecule has 2 nitrogen and oxygen atoms in total. The Kier molecular flexibility index (Phi) is 3.97. The molecule has 4 heteroatoms. The molecular formula is C4H7ClN2S. The number of nitrogens with zero attached hydrogens (tertiary/aromatic N) is 2. The van der Waals surface area contributed by atoms with Crippen LogP contribution in [0.5, 0.6) is 0 Å². The minimum Gasteiger partial charge on any atom is -1.00 e. The highest BCUT2D eigenvalue weighted by Crippen LogP contribution is 2.03. The first-order chi connectivity index (χ1) is 3.43. The highest BCUT2D eigenvalue weighted by atomic mass is 35.5. The zero-order valence-electron chi connectivity index (χ0n) is 4.59. The highest BCUT2D eigenvalue weighted by Gasteiger charge is 2.18. The Hall–Kier alpha value is 0.0200. The molecule has 1 aliphatic rings. The Morgan fingerprint density at radius 2 is 2.50 bits per heavy atom. The van der Waals surface area contributed by atoms with Gasteiger partial charge in [0.1, 0.15) is 13.1 Å². The second kappa shape index (κ2) is 3.96. The molecule has 8 heavy (non-hydrogen) atoms. The summed E-state index contributed by atoms with van der Waals surface area (Å²) in [5.74, 6) is 0. The molecule has 0 saturated carbocycles. The standard InChI is InChI=1S/C4H7N2S.ClH/c1-7-6-3-2-5-4-6;/h2-3H2,1H3;1H/q+1;/p-1. The number of aliphatic imine (C=N–C) groups is 1. The fourth-order valence-electron chi connectivity index (χ4n) is 0.452. The lowest BCUT2D eigenvalue weighted by atomic mass is 10.7. The maximum atomic E-state index is 3.89. The first-order valence-corrected chi connectivity index (χ1v) is 3.35. The second-order valence-corrected chi connectivity index (χ2v) is 2.07. The molecule has 0 bridgehead atoms. The molecule has 0 spiro atoms. The number of rotatable bonds is 1. The number of hydrogen-bond acceptors (Lipinski definition) is 3. The Morgan fingerprint density at radius 3 is 2.75 bits per heavy atom. The summed E-state index contributed by atoms with van der Waals surface area (Å²) in [7, 11) is 0. The molecule has 0 unspecified atom stereocenters. The van der Waals surface area contributed by atoms with Crippen molar-refractivity contribution < 1.29 is 12.4 Å². The van der Waals surface area contributed by atoms with Crippen LogP contribution in [0.2, 0.25) is 0 Å². The third-order valence-electron chi connectivity index (χ3n) is 0.818. The maximum absolute atomic E-state index is 3.89. The van der Waals surface area contributed by atoms with Crippen LogP contribution in [0, 0.1) is 0 Å². The summed E-state index contributed by atoms with van der Waals surface area (Å²) in [6.07, 6.45) is 4.85. The van der Waals surface area contributed by atoms with E-state index in [0.29, 0.717) is 0 Å². The zero-order chi connectivity index (χ0) is 5.11. The molecular weight excluding hydrogens is 144 g/mol. The SMILES string of the molecule is CSN1[C+]=NCC1.[Cl-]. The van der Waals surface area contributed by atoms with Crippen LogP contribution in [0.3, 0.4) is 0 Å². The van der Waals surface area contributed by atoms with E-state index in [1.807, 2.05) is 10.6 Å². The second-order valence-electron chi connectivity index (χ2n) is 1.27. The van der Waals surface area contributed by atoms with Gasteiger partial charge in [-0.05, 0) is 4.99 Å². The average molecular weight is 151 g/mol. The molecule has 0 fully saturated rings. The van der Waals surface area contributed by atoms with E-state index < -0.39 is 0 Å². The van der Waals surface area contributed by atoms with E-state index in [1.165, 1.54) is 0 Å². The topological polar surface area (TPSA) is 15.6 Å². The Balaban J connectivity index is 0.000000490. The van der Waals surface area contributed by atoms with Gasteiger partial charge < -0.3 is 12.4 Å². The molecule has 46 valence electrons. The monoisotopic (exact) mass is 150 g/mol. The van der Waals surface area contributed by atoms with Crippen molar-refractivity contribution in [3.63, 3.8) is 0 Å². The summed E-state index contributed by atoms with van der Waals surface area (Å²) in [6.45, 7) is 1.95. The smallest absolute Gasteiger partial charge is 0.529 e. The molecule has 0 atom stereocenters. The van der Waals surface area contributed by atoms with Crippen LogP contribution < -0.4 is 12.4 Å². The summed E-state index contributed by atoms with van der Waals surface area (Å²) >= 11 is 1.66. The van der Waals surface area contributed by atoms with Gasteiger partial charge in [-0.15, -0.1) is 0 Å². The van der Waals surface area contributed by atoms with Crippen LogP contribution in [0.4, 0.5) is 0 Å². The summed E-state index contributed by atoms with van der Waals surface area (Å²) in [4.78, 5) is 3.89. The van der Waals surface area contributed by atoms with Crippen molar-refractivity contribution in [1.29, 1.82) is 0 Å². The van der Waals surface area contributed by atoms with Gasteiger partial charge in [-0.2, -0.15) is 0 Å². The Bertz CT molecular complexity index is 86.1. The van der Waals surface area contributed by atoms with Crippen LogP contribution in [-0.4, -0.2) is 30.0 Å². The number of halogens is 1. The molecule has 0 radical (unpaired) electrons. The highest BCUT2D eigenvalue weighted by molar-refractivity contribution is 7.96. The van der Waals surface area contributed by atoms with E-state index in [-0.39, 0.29) is 12.4 Å². The molecule has 0 aromatic heterocycles. The average Bonchev–Trinajstić information content (AvgIpc) is 2.14. The van der Waals surface area contributed by atoms with Crippen molar-refractivity contribution in [3.05, 3.63) is 0 Å². The van der Waals surface area contributed by atoms with E-state index in [9.17, 15) is 0 Å². The van der Waals surface area contributed by atoms with E-state index in [0.717, 1.165) is 13.1 Å². The van der Waals surface area contributed by atoms with E-state index in [2.05, 4.69) is 11.3 Å². The van der Waals surface area contributed by atoms with Gasteiger partial charge in [0.25, 0.3) is 0 Å². The fraction of sp³-hybridized carbons (Fsp3) is 0.750. The van der Waals surface area contributed by atoms with Gasteiger partial charge in [0.05, 0.1) is 0 Å². The van der Waals surface area contributed by atoms with Crippen molar-refractivity contribution in [1.82, 2.24) is 4.31 Å². The molecule has 0 saturated heterocycles. The minimum atomic E-state index is 0. The van der Waals surface area contributed by atoms with Gasteiger partial charge >= 0.3 is 6.34 Å². The fourth-order valence-corrected chi connectivity index (χ4v) is 0.855. The van der Waals surface area contributed by atoms with Crippen molar-refractivity contribution in [2.45, 2.75) is 0 Å². The molecule has 0 aromatic carbocycles. The van der Waals surface area contributed by atoms with Crippen LogP contribution in [0.25, 0.3) is 0 Å². The molecule has 1 aliphatic heterocycles. The van der Waals surface area contributed by atoms with Gasteiger partial charge in [-0.25, -0.2) is 0 Å². The summed E-state index contributed by atoms with van der Waals surface area (Å²) < 4.78 is 1.99. The van der Waals surface area contributed by atoms with Gasteiger partial charge in [0, 0.05) is 18.2 Å². The predicted molar refractivity (Wildman–Crippen MR) is 32.5 cm³/mol. The van der Waals surface area contributed by atoms with E-state index >= 15 is 0 Å². The van der Waals surface area contributed by atoms with E-state index in [1.54, 1.807) is 11.9 Å². The molecule has 0 aromatic rings. The minimum absolute atomic E-state index is 0.